The van der Waals surface area contributed by atoms with Crippen LogP contribution in [0.2, 0.25) is 0 Å². The first-order valence-electron chi connectivity index (χ1n) is 13.3. The molecule has 3 aromatic rings. The van der Waals surface area contributed by atoms with Gasteiger partial charge in [-0.3, -0.25) is 9.80 Å². The van der Waals surface area contributed by atoms with Crippen molar-refractivity contribution >= 4 is 26.5 Å². The van der Waals surface area contributed by atoms with E-state index in [1.54, 1.807) is 18.5 Å². The van der Waals surface area contributed by atoms with Crippen LogP contribution in [0.1, 0.15) is 30.8 Å². The second kappa shape index (κ2) is 10.8. The first-order chi connectivity index (χ1) is 18.8. The number of hydrogen-bond donors (Lipinski definition) is 1. The molecule has 39 heavy (non-hydrogen) atoms. The molecule has 1 N–H and O–H groups in total. The Bertz CT molecular complexity index is 1390. The Morgan fingerprint density at radius 1 is 1.10 bits per heavy atom. The lowest BCUT2D eigenvalue weighted by atomic mass is 10.1. The van der Waals surface area contributed by atoms with E-state index in [0.717, 1.165) is 42.6 Å². The van der Waals surface area contributed by atoms with Crippen LogP contribution >= 0.6 is 11.3 Å². The first kappa shape index (κ1) is 26.7. The topological polar surface area (TPSA) is 111 Å². The molecule has 3 saturated heterocycles. The lowest BCUT2D eigenvalue weighted by molar-refractivity contribution is 0.173. The van der Waals surface area contributed by atoms with E-state index in [9.17, 15) is 17.9 Å². The highest BCUT2D eigenvalue weighted by atomic mass is 32.2. The summed E-state index contributed by atoms with van der Waals surface area (Å²) in [5.41, 5.74) is 0.958. The molecule has 6 rings (SSSR count). The highest BCUT2D eigenvalue weighted by Crippen LogP contribution is 2.32. The zero-order valence-corrected chi connectivity index (χ0v) is 23.4. The summed E-state index contributed by atoms with van der Waals surface area (Å²) in [6, 6.07) is 6.65. The van der Waals surface area contributed by atoms with Crippen LogP contribution in [-0.4, -0.2) is 112 Å². The van der Waals surface area contributed by atoms with E-state index in [1.807, 2.05) is 11.5 Å². The maximum Gasteiger partial charge on any atom is 0.254 e. The maximum absolute atomic E-state index is 13.4. The largest absolute Gasteiger partial charge is 0.392 e. The highest BCUT2D eigenvalue weighted by molar-refractivity contribution is 7.91. The fourth-order valence-electron chi connectivity index (χ4n) is 5.77. The summed E-state index contributed by atoms with van der Waals surface area (Å²) in [4.78, 5) is 11.1. The lowest BCUT2D eigenvalue weighted by Gasteiger charge is -2.37. The van der Waals surface area contributed by atoms with Crippen LogP contribution in [0.15, 0.2) is 41.0 Å². The van der Waals surface area contributed by atoms with Crippen molar-refractivity contribution in [1.29, 1.82) is 0 Å². The Labute approximate surface area is 231 Å². The molecular formula is C25H33FN8O3S2. The van der Waals surface area contributed by atoms with Crippen molar-refractivity contribution in [3.8, 4) is 0 Å². The number of aromatic nitrogens is 4. The molecule has 1 unspecified atom stereocenters. The van der Waals surface area contributed by atoms with Gasteiger partial charge in [0.15, 0.2) is 9.34 Å². The van der Waals surface area contributed by atoms with E-state index in [-0.39, 0.29) is 28.2 Å². The minimum absolute atomic E-state index is 0.0560. The van der Waals surface area contributed by atoms with Crippen LogP contribution in [0.3, 0.4) is 0 Å². The summed E-state index contributed by atoms with van der Waals surface area (Å²) in [6.45, 7) is 7.59. The Morgan fingerprint density at radius 3 is 2.64 bits per heavy atom. The second-order valence-corrected chi connectivity index (χ2v) is 13.7. The molecule has 0 amide bonds. The van der Waals surface area contributed by atoms with Crippen LogP contribution in [0, 0.1) is 5.82 Å². The summed E-state index contributed by atoms with van der Waals surface area (Å²) in [5.74, 6) is 0.509. The molecule has 11 nitrogen and oxygen atoms in total. The van der Waals surface area contributed by atoms with Crippen LogP contribution in [-0.2, 0) is 16.6 Å². The van der Waals surface area contributed by atoms with E-state index in [0.29, 0.717) is 39.3 Å². The number of anilines is 1. The van der Waals surface area contributed by atoms with Gasteiger partial charge in [-0.05, 0) is 31.0 Å². The van der Waals surface area contributed by atoms with Gasteiger partial charge in [0.2, 0.25) is 0 Å². The molecule has 210 valence electrons. The molecule has 0 spiro atoms. The summed E-state index contributed by atoms with van der Waals surface area (Å²) >= 11 is 1.23. The van der Waals surface area contributed by atoms with E-state index in [2.05, 4.69) is 29.9 Å². The van der Waals surface area contributed by atoms with E-state index < -0.39 is 10.0 Å². The summed E-state index contributed by atoms with van der Waals surface area (Å²) in [6.07, 6.45) is 3.63. The first-order valence-corrected chi connectivity index (χ1v) is 15.5. The smallest absolute Gasteiger partial charge is 0.254 e. The van der Waals surface area contributed by atoms with Gasteiger partial charge in [-0.2, -0.15) is 4.31 Å². The SMILES string of the molecule is C[C@H](c1ccc(F)cc1)n1cnnc1CN1CCN(S(=O)(=O)c2cnc(N3CCN4C[C@H](O)CC4C3)s2)CC1. The number of aliphatic hydroxyl groups is 1. The van der Waals surface area contributed by atoms with Gasteiger partial charge >= 0.3 is 0 Å². The molecule has 3 aliphatic rings. The van der Waals surface area contributed by atoms with Crippen molar-refractivity contribution in [2.75, 3.05) is 57.3 Å². The van der Waals surface area contributed by atoms with Gasteiger partial charge in [0, 0.05) is 58.4 Å². The van der Waals surface area contributed by atoms with Crippen molar-refractivity contribution in [2.24, 2.45) is 0 Å². The molecule has 0 bridgehead atoms. The van der Waals surface area contributed by atoms with Crippen molar-refractivity contribution in [3.63, 3.8) is 0 Å². The molecular weight excluding hydrogens is 543 g/mol. The van der Waals surface area contributed by atoms with Crippen LogP contribution < -0.4 is 4.90 Å². The van der Waals surface area contributed by atoms with Crippen LogP contribution in [0.5, 0.6) is 0 Å². The van der Waals surface area contributed by atoms with E-state index in [4.69, 9.17) is 0 Å². The third-order valence-electron chi connectivity index (χ3n) is 8.04. The number of aliphatic hydroxyl groups excluding tert-OH is 1. The minimum atomic E-state index is -3.63. The van der Waals surface area contributed by atoms with Crippen LogP contribution in [0.4, 0.5) is 9.52 Å². The third-order valence-corrected chi connectivity index (χ3v) is 11.4. The second-order valence-electron chi connectivity index (χ2n) is 10.5. The Morgan fingerprint density at radius 2 is 1.87 bits per heavy atom. The van der Waals surface area contributed by atoms with Gasteiger partial charge in [0.05, 0.1) is 24.9 Å². The standard InChI is InChI=1S/C25H33FN8O3S2/c1-18(19-2-4-20(26)5-3-19)34-17-28-29-23(34)16-30-6-10-33(11-7-30)39(36,37)24-13-27-25(38-24)32-9-8-31-15-22(35)12-21(31)14-32/h2-5,13,17-18,21-22,35H,6-12,14-16H2,1H3/t18-,21?,22-/m1/s1. The number of hydrogen-bond acceptors (Lipinski definition) is 10. The molecule has 14 heteroatoms. The third kappa shape index (κ3) is 5.45. The number of thiazole rings is 1. The Hall–Kier alpha value is -2.49. The van der Waals surface area contributed by atoms with Crippen molar-refractivity contribution in [1.82, 2.24) is 33.9 Å². The number of fused-ring (bicyclic) bond motifs is 1. The van der Waals surface area contributed by atoms with Gasteiger partial charge in [0.25, 0.3) is 10.0 Å². The zero-order valence-electron chi connectivity index (χ0n) is 21.8. The van der Waals surface area contributed by atoms with Crippen molar-refractivity contribution in [3.05, 3.63) is 54.0 Å². The number of piperazine rings is 2. The normalized spacial score (nSPS) is 24.2. The van der Waals surface area contributed by atoms with Gasteiger partial charge in [-0.1, -0.05) is 23.5 Å². The molecule has 3 atom stereocenters. The van der Waals surface area contributed by atoms with Crippen molar-refractivity contribution < 1.29 is 17.9 Å². The summed E-state index contributed by atoms with van der Waals surface area (Å²) < 4.78 is 44.0. The highest BCUT2D eigenvalue weighted by Gasteiger charge is 2.37. The molecule has 0 radical (unpaired) electrons. The fraction of sp³-hybridized carbons (Fsp3) is 0.560. The number of rotatable bonds is 7. The lowest BCUT2D eigenvalue weighted by Crippen LogP contribution is -2.50. The molecule has 3 fully saturated rings. The van der Waals surface area contributed by atoms with Gasteiger partial charge in [0.1, 0.15) is 18.0 Å². The van der Waals surface area contributed by atoms with Crippen molar-refractivity contribution in [2.45, 2.75) is 42.3 Å². The molecule has 2 aromatic heterocycles. The molecule has 0 saturated carbocycles. The summed E-state index contributed by atoms with van der Waals surface area (Å²) in [7, 11) is -3.63. The molecule has 3 aliphatic heterocycles. The molecule has 1 aromatic carbocycles. The quantitative estimate of drug-likeness (QED) is 0.444. The molecule has 0 aliphatic carbocycles. The predicted octanol–water partition coefficient (Wildman–Crippen LogP) is 1.24. The van der Waals surface area contributed by atoms with E-state index >= 15 is 0 Å². The number of halogens is 1. The minimum Gasteiger partial charge on any atom is -0.392 e. The zero-order chi connectivity index (χ0) is 27.1. The Balaban J connectivity index is 1.06. The predicted molar refractivity (Wildman–Crippen MR) is 145 cm³/mol. The average Bonchev–Trinajstić information content (AvgIpc) is 3.68. The fourth-order valence-corrected chi connectivity index (χ4v) is 8.50. The van der Waals surface area contributed by atoms with E-state index in [1.165, 1.54) is 34.0 Å². The van der Waals surface area contributed by atoms with Gasteiger partial charge in [-0.15, -0.1) is 10.2 Å². The van der Waals surface area contributed by atoms with Gasteiger partial charge < -0.3 is 14.6 Å². The maximum atomic E-state index is 13.4. The van der Waals surface area contributed by atoms with Crippen LogP contribution in [0.25, 0.3) is 0 Å². The monoisotopic (exact) mass is 576 g/mol. The summed E-state index contributed by atoms with van der Waals surface area (Å²) in [5, 5.41) is 19.1. The molecule has 5 heterocycles. The Kier molecular flexibility index (Phi) is 7.41. The number of sulfonamides is 1. The average molecular weight is 577 g/mol. The number of nitrogens with zero attached hydrogens (tertiary/aromatic N) is 8. The number of benzene rings is 1. The van der Waals surface area contributed by atoms with Gasteiger partial charge in [-0.25, -0.2) is 17.8 Å².